The van der Waals surface area contributed by atoms with E-state index in [0.29, 0.717) is 64.7 Å². The first kappa shape index (κ1) is 36.4. The average Bonchev–Trinajstić information content (AvgIpc) is 3.77. The van der Waals surface area contributed by atoms with E-state index in [2.05, 4.69) is 28.9 Å². The summed E-state index contributed by atoms with van der Waals surface area (Å²) in [4.78, 5) is 32.2. The van der Waals surface area contributed by atoms with Crippen LogP contribution in [0.2, 0.25) is 0 Å². The fraction of sp³-hybridized carbons (Fsp3) is 0.361. The number of carbonyl (C=O) groups excluding carboxylic acids is 2. The maximum absolute atomic E-state index is 14.6. The zero-order valence-electron chi connectivity index (χ0n) is 28.5. The summed E-state index contributed by atoms with van der Waals surface area (Å²) in [6, 6.07) is 19.4. The first-order valence-electron chi connectivity index (χ1n) is 16.7. The van der Waals surface area contributed by atoms with Crippen LogP contribution >= 0.6 is 0 Å². The molecule has 264 valence electrons. The smallest absolute Gasteiger partial charge is 0.274 e. The molecule has 50 heavy (non-hydrogen) atoms. The Morgan fingerprint density at radius 2 is 1.74 bits per heavy atom. The van der Waals surface area contributed by atoms with E-state index in [-0.39, 0.29) is 29.5 Å². The summed E-state index contributed by atoms with van der Waals surface area (Å²) in [6.07, 6.45) is 4.25. The number of benzene rings is 3. The molecule has 1 unspecified atom stereocenters. The molecule has 3 aromatic carbocycles. The molecule has 4 N–H and O–H groups in total. The molecule has 0 saturated heterocycles. The highest BCUT2D eigenvalue weighted by Gasteiger charge is 2.32. The molecular formula is C36H43N7O6S. The normalized spacial score (nSPS) is 14.6. The van der Waals surface area contributed by atoms with Crippen molar-refractivity contribution in [3.63, 3.8) is 0 Å². The van der Waals surface area contributed by atoms with Gasteiger partial charge in [0.2, 0.25) is 0 Å². The molecule has 3 heterocycles. The predicted molar refractivity (Wildman–Crippen MR) is 190 cm³/mol. The molecule has 2 amide bonds. The van der Waals surface area contributed by atoms with Crippen LogP contribution in [-0.4, -0.2) is 82.2 Å². The molecule has 1 aliphatic heterocycles. The molecule has 6 rings (SSSR count). The number of hydrogen-bond acceptors (Lipinski definition) is 8. The maximum Gasteiger partial charge on any atom is 0.274 e. The monoisotopic (exact) mass is 701 g/mol. The lowest BCUT2D eigenvalue weighted by Gasteiger charge is -2.36. The Kier molecular flexibility index (Phi) is 11.8. The van der Waals surface area contributed by atoms with Crippen LogP contribution in [0.25, 0.3) is 16.7 Å². The number of fused-ring (bicyclic) bond motifs is 2. The van der Waals surface area contributed by atoms with Gasteiger partial charge in [-0.1, -0.05) is 57.0 Å². The van der Waals surface area contributed by atoms with Gasteiger partial charge in [-0.3, -0.25) is 9.59 Å². The summed E-state index contributed by atoms with van der Waals surface area (Å²) in [5.74, 6) is -0.467. The van der Waals surface area contributed by atoms with E-state index in [1.54, 1.807) is 52.0 Å². The van der Waals surface area contributed by atoms with Crippen LogP contribution in [0.5, 0.6) is 0 Å². The molecule has 0 spiro atoms. The van der Waals surface area contributed by atoms with Crippen molar-refractivity contribution in [3.05, 3.63) is 94.8 Å². The predicted octanol–water partition coefficient (Wildman–Crippen LogP) is 4.63. The van der Waals surface area contributed by atoms with Crippen LogP contribution < -0.4 is 4.72 Å². The number of unbranched alkanes of at least 4 members (excludes halogenated alkanes) is 2. The van der Waals surface area contributed by atoms with Gasteiger partial charge in [0.05, 0.1) is 28.8 Å². The van der Waals surface area contributed by atoms with Crippen molar-refractivity contribution >= 4 is 39.5 Å². The highest BCUT2D eigenvalue weighted by molar-refractivity contribution is 7.86. The van der Waals surface area contributed by atoms with E-state index in [1.807, 2.05) is 36.1 Å². The Morgan fingerprint density at radius 1 is 1.00 bits per heavy atom. The van der Waals surface area contributed by atoms with Gasteiger partial charge in [0.1, 0.15) is 5.52 Å². The number of nitrogens with zero attached hydrogens (tertiary/aromatic N) is 6. The second-order valence-electron chi connectivity index (χ2n) is 12.3. The van der Waals surface area contributed by atoms with E-state index in [1.165, 1.54) is 0 Å². The minimum atomic E-state index is -1.77. The van der Waals surface area contributed by atoms with Gasteiger partial charge < -0.3 is 25.1 Å². The lowest BCUT2D eigenvalue weighted by molar-refractivity contribution is 0.0544. The van der Waals surface area contributed by atoms with Gasteiger partial charge in [-0.15, -0.1) is 0 Å². The third kappa shape index (κ3) is 7.47. The highest BCUT2D eigenvalue weighted by Crippen LogP contribution is 2.30. The van der Waals surface area contributed by atoms with Gasteiger partial charge >= 0.3 is 0 Å². The number of rotatable bonds is 13. The summed E-state index contributed by atoms with van der Waals surface area (Å²) in [6.45, 7) is 7.46. The number of hydrogen-bond donors (Lipinski definition) is 2. The number of carbonyl (C=O) groups is 2. The Labute approximate surface area is 293 Å². The Morgan fingerprint density at radius 3 is 2.46 bits per heavy atom. The summed E-state index contributed by atoms with van der Waals surface area (Å²) >= 11 is 0. The molecule has 14 heteroatoms. The van der Waals surface area contributed by atoms with Gasteiger partial charge in [0.25, 0.3) is 11.8 Å². The van der Waals surface area contributed by atoms with Crippen LogP contribution in [0.15, 0.2) is 76.3 Å². The zero-order chi connectivity index (χ0) is 34.5. The van der Waals surface area contributed by atoms with Crippen molar-refractivity contribution in [2.24, 2.45) is 0 Å². The standard InChI is InChI=1S/C36H41N7O5S.H2O/c1-4-6-17-41(18-7-5-2)36(46)31-19-24(3)43(37-31)32-16-15-27(40-49(47)33-14-10-13-30-34(33)39-48-38-30)21-29(32)35(45)42-22-26-12-9-8-11-25(26)20-28(42)23-44;/h8-16,19,21,28,40,44H,4-7,17-18,20,22-23H2,1-3H3;1H2/t28-,49?;/m0./s1. The highest BCUT2D eigenvalue weighted by atomic mass is 32.2. The van der Waals surface area contributed by atoms with E-state index in [9.17, 15) is 18.9 Å². The maximum atomic E-state index is 14.6. The fourth-order valence-electron chi connectivity index (χ4n) is 6.19. The third-order valence-corrected chi connectivity index (χ3v) is 10.0. The summed E-state index contributed by atoms with van der Waals surface area (Å²) < 4.78 is 23.0. The molecule has 2 aromatic heterocycles. The molecule has 2 atom stereocenters. The van der Waals surface area contributed by atoms with E-state index in [0.717, 1.165) is 36.8 Å². The van der Waals surface area contributed by atoms with Crippen LogP contribution in [0.1, 0.15) is 77.2 Å². The number of aromatic nitrogens is 4. The van der Waals surface area contributed by atoms with Crippen LogP contribution in [0.3, 0.4) is 0 Å². The second kappa shape index (κ2) is 16.2. The summed E-state index contributed by atoms with van der Waals surface area (Å²) in [7, 11) is -1.77. The molecule has 5 aromatic rings. The lowest BCUT2D eigenvalue weighted by Crippen LogP contribution is -2.46. The van der Waals surface area contributed by atoms with Crippen molar-refractivity contribution in [1.29, 1.82) is 0 Å². The lowest BCUT2D eigenvalue weighted by atomic mass is 9.93. The van der Waals surface area contributed by atoms with Crippen molar-refractivity contribution in [3.8, 4) is 5.69 Å². The Bertz CT molecular complexity index is 1980. The molecule has 13 nitrogen and oxygen atoms in total. The van der Waals surface area contributed by atoms with Gasteiger partial charge in [-0.2, -0.15) is 5.10 Å². The molecule has 1 aliphatic rings. The topological polar surface area (TPSA) is 178 Å². The molecule has 0 radical (unpaired) electrons. The second-order valence-corrected chi connectivity index (χ2v) is 13.5. The van der Waals surface area contributed by atoms with Crippen LogP contribution in [-0.2, 0) is 24.0 Å². The first-order valence-corrected chi connectivity index (χ1v) is 17.9. The van der Waals surface area contributed by atoms with E-state index < -0.39 is 17.0 Å². The average molecular weight is 702 g/mol. The molecule has 0 saturated carbocycles. The fourth-order valence-corrected chi connectivity index (χ4v) is 7.16. The number of aryl methyl sites for hydroxylation is 1. The van der Waals surface area contributed by atoms with Crippen molar-refractivity contribution in [2.75, 3.05) is 24.4 Å². The third-order valence-electron chi connectivity index (χ3n) is 8.90. The number of aliphatic hydroxyl groups excluding tert-OH is 1. The minimum absolute atomic E-state index is 0. The Balaban J connectivity index is 0.00000486. The molecule has 0 aliphatic carbocycles. The van der Waals surface area contributed by atoms with Gasteiger partial charge in [0.15, 0.2) is 22.2 Å². The number of anilines is 1. The largest absolute Gasteiger partial charge is 0.412 e. The molecule has 0 bridgehead atoms. The number of aliphatic hydroxyl groups is 1. The minimum Gasteiger partial charge on any atom is -0.412 e. The summed E-state index contributed by atoms with van der Waals surface area (Å²) in [5.41, 5.74) is 5.09. The quantitative estimate of drug-likeness (QED) is 0.178. The van der Waals surface area contributed by atoms with Crippen molar-refractivity contribution in [2.45, 2.75) is 70.4 Å². The van der Waals surface area contributed by atoms with Gasteiger partial charge in [-0.25, -0.2) is 13.5 Å². The van der Waals surface area contributed by atoms with Crippen molar-refractivity contribution < 1.29 is 29.0 Å². The number of amides is 2. The van der Waals surface area contributed by atoms with Gasteiger partial charge in [-0.05, 0) is 84.0 Å². The van der Waals surface area contributed by atoms with E-state index >= 15 is 0 Å². The summed E-state index contributed by atoms with van der Waals surface area (Å²) in [5, 5.41) is 22.9. The molecular weight excluding hydrogens is 659 g/mol. The van der Waals surface area contributed by atoms with Crippen LogP contribution in [0.4, 0.5) is 5.69 Å². The van der Waals surface area contributed by atoms with Crippen LogP contribution in [0, 0.1) is 6.92 Å². The zero-order valence-corrected chi connectivity index (χ0v) is 29.3. The number of nitrogens with one attached hydrogen (secondary N) is 1. The first-order chi connectivity index (χ1) is 23.8. The van der Waals surface area contributed by atoms with Crippen molar-refractivity contribution in [1.82, 2.24) is 29.9 Å². The van der Waals surface area contributed by atoms with Gasteiger partial charge in [0, 0.05) is 31.0 Å². The SMILES string of the molecule is CCCCN(CCCC)C(=O)c1cc(C)n(-c2ccc(NS(=O)c3cccc4nonc34)cc2C(=O)N2Cc3ccccc3C[C@H]2CO)n1.O. The molecule has 0 fully saturated rings. The van der Waals surface area contributed by atoms with E-state index in [4.69, 9.17) is 9.73 Å². The Hall–Kier alpha value is -4.92.